The molecular weight excluding hydrogens is 326 g/mol. The summed E-state index contributed by atoms with van der Waals surface area (Å²) in [5.74, 6) is -0.161. The van der Waals surface area contributed by atoms with Crippen LogP contribution in [0.1, 0.15) is 28.5 Å². The average Bonchev–Trinajstić information content (AvgIpc) is 3.13. The summed E-state index contributed by atoms with van der Waals surface area (Å²) < 4.78 is 3.55. The Morgan fingerprint density at radius 1 is 1.29 bits per heavy atom. The highest BCUT2D eigenvalue weighted by Gasteiger charge is 2.13. The molecule has 3 aromatic rings. The van der Waals surface area contributed by atoms with Crippen molar-refractivity contribution in [3.63, 3.8) is 0 Å². The maximum atomic E-state index is 12.4. The second-order valence-electron chi connectivity index (χ2n) is 5.47. The average molecular weight is 344 g/mol. The van der Waals surface area contributed by atoms with E-state index in [-0.39, 0.29) is 5.91 Å². The summed E-state index contributed by atoms with van der Waals surface area (Å²) in [6.07, 6.45) is 4.96. The zero-order chi connectivity index (χ0) is 17.1. The Labute approximate surface area is 145 Å². The number of hydrogen-bond donors (Lipinski definition) is 1. The lowest BCUT2D eigenvalue weighted by Gasteiger charge is -2.08. The zero-order valence-corrected chi connectivity index (χ0v) is 14.3. The first kappa shape index (κ1) is 16.3. The fourth-order valence-electron chi connectivity index (χ4n) is 2.55. The maximum absolute atomic E-state index is 12.4. The Hall–Kier alpha value is -2.60. The molecule has 0 aliphatic heterocycles. The quantitative estimate of drug-likeness (QED) is 0.772. The second kappa shape index (κ2) is 6.88. The van der Waals surface area contributed by atoms with Crippen molar-refractivity contribution in [2.75, 3.05) is 5.32 Å². The summed E-state index contributed by atoms with van der Waals surface area (Å²) in [5, 5.41) is 11.9. The summed E-state index contributed by atoms with van der Waals surface area (Å²) in [6.45, 7) is 5.21. The first-order valence-electron chi connectivity index (χ1n) is 7.67. The van der Waals surface area contributed by atoms with Crippen molar-refractivity contribution in [1.82, 2.24) is 19.6 Å². The highest BCUT2D eigenvalue weighted by Crippen LogP contribution is 2.15. The molecule has 0 aliphatic rings. The first-order chi connectivity index (χ1) is 11.6. The second-order valence-corrected chi connectivity index (χ2v) is 5.91. The van der Waals surface area contributed by atoms with E-state index in [1.807, 2.05) is 38.1 Å². The maximum Gasteiger partial charge on any atom is 0.259 e. The van der Waals surface area contributed by atoms with Crippen molar-refractivity contribution in [2.45, 2.75) is 26.9 Å². The number of aryl methyl sites for hydroxylation is 1. The number of rotatable bonds is 5. The number of carbonyl (C=O) groups is 1. The van der Waals surface area contributed by atoms with E-state index < -0.39 is 0 Å². The van der Waals surface area contributed by atoms with E-state index in [0.717, 1.165) is 23.5 Å². The van der Waals surface area contributed by atoms with Crippen LogP contribution in [0.15, 0.2) is 42.9 Å². The predicted octanol–water partition coefficient (Wildman–Crippen LogP) is 3.36. The molecule has 0 bridgehead atoms. The Morgan fingerprint density at radius 3 is 2.79 bits per heavy atom. The smallest absolute Gasteiger partial charge is 0.259 e. The van der Waals surface area contributed by atoms with Crippen molar-refractivity contribution in [1.29, 1.82) is 0 Å². The lowest BCUT2D eigenvalue weighted by atomic mass is 10.2. The van der Waals surface area contributed by atoms with Crippen molar-refractivity contribution in [3.8, 4) is 0 Å². The molecule has 3 rings (SSSR count). The third-order valence-electron chi connectivity index (χ3n) is 3.78. The van der Waals surface area contributed by atoms with Gasteiger partial charge in [0.05, 0.1) is 29.5 Å². The van der Waals surface area contributed by atoms with Crippen LogP contribution in [0.3, 0.4) is 0 Å². The fraction of sp³-hybridized carbons (Fsp3) is 0.235. The molecule has 24 heavy (non-hydrogen) atoms. The van der Waals surface area contributed by atoms with E-state index >= 15 is 0 Å². The van der Waals surface area contributed by atoms with Gasteiger partial charge in [-0.05, 0) is 31.5 Å². The van der Waals surface area contributed by atoms with E-state index in [1.165, 1.54) is 0 Å². The van der Waals surface area contributed by atoms with Crippen LogP contribution in [0.2, 0.25) is 5.02 Å². The van der Waals surface area contributed by atoms with E-state index in [0.29, 0.717) is 17.1 Å². The van der Waals surface area contributed by atoms with Gasteiger partial charge in [-0.1, -0.05) is 23.7 Å². The van der Waals surface area contributed by atoms with Crippen LogP contribution in [-0.2, 0) is 13.1 Å². The molecule has 124 valence electrons. The Kier molecular flexibility index (Phi) is 4.66. The number of halogens is 1. The molecule has 0 fully saturated rings. The number of hydrogen-bond acceptors (Lipinski definition) is 3. The van der Waals surface area contributed by atoms with E-state index in [4.69, 9.17) is 11.6 Å². The molecule has 1 N–H and O–H groups in total. The van der Waals surface area contributed by atoms with E-state index in [2.05, 4.69) is 15.5 Å². The summed E-state index contributed by atoms with van der Waals surface area (Å²) in [4.78, 5) is 12.4. The molecule has 2 aromatic heterocycles. The van der Waals surface area contributed by atoms with Gasteiger partial charge in [-0.15, -0.1) is 0 Å². The number of nitrogens with one attached hydrogen (secondary N) is 1. The molecule has 0 atom stereocenters. The molecule has 0 unspecified atom stereocenters. The minimum atomic E-state index is -0.161. The lowest BCUT2D eigenvalue weighted by molar-refractivity contribution is 0.102. The van der Waals surface area contributed by atoms with Crippen LogP contribution in [0.4, 0.5) is 5.69 Å². The SMILES string of the molecule is CCn1ncc(C(=O)Nc2cccc(Cn3cc(Cl)cn3)c2)c1C. The molecule has 1 amide bonds. The Balaban J connectivity index is 1.74. The molecule has 0 aliphatic carbocycles. The third-order valence-corrected chi connectivity index (χ3v) is 3.97. The normalized spacial score (nSPS) is 10.8. The molecule has 0 saturated heterocycles. The number of nitrogens with zero attached hydrogens (tertiary/aromatic N) is 4. The highest BCUT2D eigenvalue weighted by atomic mass is 35.5. The highest BCUT2D eigenvalue weighted by molar-refractivity contribution is 6.30. The molecule has 1 aromatic carbocycles. The van der Waals surface area contributed by atoms with Gasteiger partial charge in [-0.3, -0.25) is 14.2 Å². The third kappa shape index (κ3) is 3.49. The van der Waals surface area contributed by atoms with Crippen molar-refractivity contribution < 1.29 is 4.79 Å². The van der Waals surface area contributed by atoms with Gasteiger partial charge in [0, 0.05) is 24.1 Å². The van der Waals surface area contributed by atoms with Gasteiger partial charge in [0.2, 0.25) is 0 Å². The lowest BCUT2D eigenvalue weighted by Crippen LogP contribution is -2.13. The summed E-state index contributed by atoms with van der Waals surface area (Å²) in [7, 11) is 0. The standard InChI is InChI=1S/C17H18ClN5O/c1-3-23-12(2)16(9-20-23)17(24)21-15-6-4-5-13(7-15)10-22-11-14(18)8-19-22/h4-9,11H,3,10H2,1-2H3,(H,21,24). The number of benzene rings is 1. The van der Waals surface area contributed by atoms with Crippen molar-refractivity contribution in [3.05, 3.63) is 64.7 Å². The molecular formula is C17H18ClN5O. The van der Waals surface area contributed by atoms with Gasteiger partial charge in [0.25, 0.3) is 5.91 Å². The van der Waals surface area contributed by atoms with Gasteiger partial charge in [-0.2, -0.15) is 10.2 Å². The summed E-state index contributed by atoms with van der Waals surface area (Å²) in [6, 6.07) is 7.66. The van der Waals surface area contributed by atoms with Crippen LogP contribution < -0.4 is 5.32 Å². The van der Waals surface area contributed by atoms with Gasteiger partial charge < -0.3 is 5.32 Å². The number of carbonyl (C=O) groups excluding carboxylic acids is 1. The van der Waals surface area contributed by atoms with Crippen LogP contribution >= 0.6 is 11.6 Å². The largest absolute Gasteiger partial charge is 0.322 e. The Bertz CT molecular complexity index is 868. The van der Waals surface area contributed by atoms with Crippen LogP contribution in [0.25, 0.3) is 0 Å². The summed E-state index contributed by atoms with van der Waals surface area (Å²) >= 11 is 5.88. The topological polar surface area (TPSA) is 64.7 Å². The summed E-state index contributed by atoms with van der Waals surface area (Å²) in [5.41, 5.74) is 3.20. The van der Waals surface area contributed by atoms with Gasteiger partial charge in [0.1, 0.15) is 0 Å². The molecule has 2 heterocycles. The molecule has 6 nitrogen and oxygen atoms in total. The van der Waals surface area contributed by atoms with E-state index in [1.54, 1.807) is 28.0 Å². The van der Waals surface area contributed by atoms with Crippen molar-refractivity contribution in [2.24, 2.45) is 0 Å². The minimum absolute atomic E-state index is 0.161. The van der Waals surface area contributed by atoms with Crippen LogP contribution in [0.5, 0.6) is 0 Å². The number of amides is 1. The fourth-order valence-corrected chi connectivity index (χ4v) is 2.70. The number of aromatic nitrogens is 4. The van der Waals surface area contributed by atoms with Crippen molar-refractivity contribution >= 4 is 23.2 Å². The van der Waals surface area contributed by atoms with Gasteiger partial charge >= 0.3 is 0 Å². The number of anilines is 1. The monoisotopic (exact) mass is 343 g/mol. The molecule has 0 spiro atoms. The zero-order valence-electron chi connectivity index (χ0n) is 13.5. The molecule has 0 radical (unpaired) electrons. The molecule has 7 heteroatoms. The van der Waals surface area contributed by atoms with Crippen LogP contribution in [0, 0.1) is 6.92 Å². The molecule has 0 saturated carbocycles. The van der Waals surface area contributed by atoms with E-state index in [9.17, 15) is 4.79 Å². The van der Waals surface area contributed by atoms with Gasteiger partial charge in [0.15, 0.2) is 0 Å². The first-order valence-corrected chi connectivity index (χ1v) is 8.05. The minimum Gasteiger partial charge on any atom is -0.322 e. The van der Waals surface area contributed by atoms with Crippen LogP contribution in [-0.4, -0.2) is 25.5 Å². The predicted molar refractivity (Wildman–Crippen MR) is 93.4 cm³/mol. The Morgan fingerprint density at radius 2 is 2.12 bits per heavy atom. The van der Waals surface area contributed by atoms with Gasteiger partial charge in [-0.25, -0.2) is 0 Å².